The number of rotatable bonds is 6. The van der Waals surface area contributed by atoms with Crippen LogP contribution in [0.25, 0.3) is 10.8 Å². The van der Waals surface area contributed by atoms with Gasteiger partial charge in [0.25, 0.3) is 11.8 Å². The van der Waals surface area contributed by atoms with Gasteiger partial charge in [-0.3, -0.25) is 24.1 Å². The third-order valence-corrected chi connectivity index (χ3v) is 5.49. The predicted molar refractivity (Wildman–Crippen MR) is 119 cm³/mol. The van der Waals surface area contributed by atoms with Crippen molar-refractivity contribution in [3.63, 3.8) is 0 Å². The van der Waals surface area contributed by atoms with Crippen molar-refractivity contribution in [2.45, 2.75) is 19.0 Å². The van der Waals surface area contributed by atoms with Crippen LogP contribution in [-0.4, -0.2) is 47.4 Å². The van der Waals surface area contributed by atoms with Crippen LogP contribution in [0.2, 0.25) is 0 Å². The van der Waals surface area contributed by atoms with E-state index in [0.29, 0.717) is 16.5 Å². The molecule has 0 radical (unpaired) electrons. The highest BCUT2D eigenvalue weighted by atomic mass is 32.1. The van der Waals surface area contributed by atoms with Crippen molar-refractivity contribution in [3.8, 4) is 0 Å². The van der Waals surface area contributed by atoms with Crippen molar-refractivity contribution in [2.75, 3.05) is 11.9 Å². The molecule has 1 N–H and O–H groups in total. The van der Waals surface area contributed by atoms with Crippen LogP contribution in [0.1, 0.15) is 33.6 Å². The number of halogens is 3. The Morgan fingerprint density at radius 1 is 1.00 bits per heavy atom. The number of alkyl halides is 3. The van der Waals surface area contributed by atoms with Gasteiger partial charge < -0.3 is 10.1 Å². The molecule has 3 aromatic rings. The molecule has 4 rings (SSSR count). The maximum absolute atomic E-state index is 12.7. The van der Waals surface area contributed by atoms with Gasteiger partial charge in [0.15, 0.2) is 0 Å². The van der Waals surface area contributed by atoms with Crippen LogP contribution in [0, 0.1) is 0 Å². The Morgan fingerprint density at radius 2 is 1.62 bits per heavy atom. The molecule has 1 aliphatic heterocycles. The lowest BCUT2D eigenvalue weighted by atomic mass is 9.94. The number of thiophene rings is 1. The zero-order valence-electron chi connectivity index (χ0n) is 17.4. The fourth-order valence-electron chi connectivity index (χ4n) is 3.25. The topological polar surface area (TPSA) is 101 Å². The zero-order valence-corrected chi connectivity index (χ0v) is 18.2. The molecule has 34 heavy (non-hydrogen) atoms. The van der Waals surface area contributed by atoms with E-state index in [2.05, 4.69) is 5.32 Å². The first-order chi connectivity index (χ1) is 16.1. The fourth-order valence-corrected chi connectivity index (χ4v) is 3.84. The number of nitrogens with one attached hydrogen (secondary N) is 1. The van der Waals surface area contributed by atoms with E-state index in [9.17, 15) is 37.1 Å². The second-order valence-electron chi connectivity index (χ2n) is 7.07. The first-order valence-electron chi connectivity index (χ1n) is 9.87. The predicted octanol–water partition coefficient (Wildman–Crippen LogP) is 4.23. The first-order valence-corrected chi connectivity index (χ1v) is 10.8. The molecule has 1 aromatic heterocycles. The van der Waals surface area contributed by atoms with Gasteiger partial charge in [0.1, 0.15) is 6.29 Å². The Labute approximate surface area is 195 Å². The Kier molecular flexibility index (Phi) is 7.57. The van der Waals surface area contributed by atoms with Crippen LogP contribution in [-0.2, 0) is 14.4 Å². The van der Waals surface area contributed by atoms with Gasteiger partial charge in [-0.1, -0.05) is 24.3 Å². The lowest BCUT2D eigenvalue weighted by molar-refractivity contribution is -0.171. The monoisotopic (exact) mass is 490 g/mol. The molecule has 3 amide bonds. The Bertz CT molecular complexity index is 1200. The number of carbonyl (C=O) groups is 5. The highest BCUT2D eigenvalue weighted by molar-refractivity contribution is 7.08. The quantitative estimate of drug-likeness (QED) is 0.317. The Hall–Kier alpha value is -3.86. The molecular formula is C23H17F3N2O5S. The summed E-state index contributed by atoms with van der Waals surface area (Å²) >= 11 is 1.48. The lowest BCUT2D eigenvalue weighted by Gasteiger charge is -2.26. The second-order valence-corrected chi connectivity index (χ2v) is 7.85. The Balaban J connectivity index is 0.000000309. The van der Waals surface area contributed by atoms with E-state index in [1.165, 1.54) is 11.3 Å². The Morgan fingerprint density at radius 3 is 2.09 bits per heavy atom. The molecule has 0 spiro atoms. The van der Waals surface area contributed by atoms with Gasteiger partial charge in [0, 0.05) is 34.9 Å². The van der Waals surface area contributed by atoms with E-state index < -0.39 is 18.4 Å². The summed E-state index contributed by atoms with van der Waals surface area (Å²) in [5.41, 5.74) is 1.73. The SMILES string of the molecule is O=C(CCN1C(=O)c2cccc3cccc(c23)C1=O)Nc1ccsc1.O=CCC(=O)C(F)(F)F. The molecular weight excluding hydrogens is 473 g/mol. The average Bonchev–Trinajstić information content (AvgIpc) is 3.30. The van der Waals surface area contributed by atoms with E-state index in [0.717, 1.165) is 16.0 Å². The first kappa shape index (κ1) is 24.8. The number of benzene rings is 2. The smallest absolute Gasteiger partial charge is 0.325 e. The van der Waals surface area contributed by atoms with Crippen molar-refractivity contribution >= 4 is 57.6 Å². The summed E-state index contributed by atoms with van der Waals surface area (Å²) in [6.07, 6.45) is -5.95. The minimum Gasteiger partial charge on any atom is -0.325 e. The maximum atomic E-state index is 12.7. The lowest BCUT2D eigenvalue weighted by Crippen LogP contribution is -2.41. The third kappa shape index (κ3) is 5.54. The summed E-state index contributed by atoms with van der Waals surface area (Å²) in [6, 6.07) is 12.6. The molecule has 176 valence electrons. The summed E-state index contributed by atoms with van der Waals surface area (Å²) in [6.45, 7) is 0.0539. The van der Waals surface area contributed by atoms with Crippen LogP contribution in [0.4, 0.5) is 18.9 Å². The molecule has 0 saturated carbocycles. The van der Waals surface area contributed by atoms with Crippen LogP contribution in [0.5, 0.6) is 0 Å². The highest BCUT2D eigenvalue weighted by Crippen LogP contribution is 2.30. The van der Waals surface area contributed by atoms with Gasteiger partial charge in [-0.25, -0.2) is 0 Å². The van der Waals surface area contributed by atoms with Gasteiger partial charge in [-0.2, -0.15) is 24.5 Å². The number of hydrogen-bond acceptors (Lipinski definition) is 6. The normalized spacial score (nSPS) is 12.7. The number of carbonyl (C=O) groups excluding carboxylic acids is 5. The molecule has 2 heterocycles. The molecule has 0 unspecified atom stereocenters. The standard InChI is InChI=1S/C19H14N2O3S.C4H3F3O2/c22-16(20-13-8-10-25-11-13)7-9-21-18(23)14-5-1-3-12-4-2-6-15(17(12)14)19(21)24;5-4(6,7)3(9)1-2-8/h1-6,8,10-11H,7,9H2,(H,20,22);2H,1H2. The number of anilines is 1. The number of Topliss-reactive ketones (excluding diaryl/α,β-unsaturated/α-hetero) is 1. The van der Waals surface area contributed by atoms with Gasteiger partial charge >= 0.3 is 6.18 Å². The van der Waals surface area contributed by atoms with Crippen molar-refractivity contribution in [1.82, 2.24) is 4.90 Å². The van der Waals surface area contributed by atoms with E-state index in [4.69, 9.17) is 0 Å². The summed E-state index contributed by atoms with van der Waals surface area (Å²) in [4.78, 5) is 57.7. The largest absolute Gasteiger partial charge is 0.450 e. The molecule has 0 fully saturated rings. The number of nitrogens with zero attached hydrogens (tertiary/aromatic N) is 1. The van der Waals surface area contributed by atoms with Crippen molar-refractivity contribution in [1.29, 1.82) is 0 Å². The number of aldehydes is 1. The number of ketones is 1. The highest BCUT2D eigenvalue weighted by Gasteiger charge is 2.37. The summed E-state index contributed by atoms with van der Waals surface area (Å²) in [7, 11) is 0. The molecule has 0 saturated heterocycles. The minimum atomic E-state index is -4.86. The molecule has 1 aliphatic rings. The summed E-state index contributed by atoms with van der Waals surface area (Å²) in [5, 5.41) is 8.00. The number of imide groups is 1. The molecule has 0 aliphatic carbocycles. The summed E-state index contributed by atoms with van der Waals surface area (Å²) in [5.74, 6) is -2.93. The fraction of sp³-hybridized carbons (Fsp3) is 0.174. The number of amides is 3. The summed E-state index contributed by atoms with van der Waals surface area (Å²) < 4.78 is 33.4. The van der Waals surface area contributed by atoms with Crippen molar-refractivity contribution < 1.29 is 37.1 Å². The van der Waals surface area contributed by atoms with E-state index in [-0.39, 0.29) is 37.0 Å². The third-order valence-electron chi connectivity index (χ3n) is 4.81. The van der Waals surface area contributed by atoms with Crippen molar-refractivity contribution in [2.24, 2.45) is 0 Å². The van der Waals surface area contributed by atoms with Crippen LogP contribution < -0.4 is 5.32 Å². The van der Waals surface area contributed by atoms with Crippen LogP contribution in [0.15, 0.2) is 53.2 Å². The van der Waals surface area contributed by atoms with Crippen LogP contribution >= 0.6 is 11.3 Å². The molecule has 11 heteroatoms. The maximum Gasteiger partial charge on any atom is 0.450 e. The van der Waals surface area contributed by atoms with Gasteiger partial charge in [-0.05, 0) is 29.0 Å². The van der Waals surface area contributed by atoms with E-state index in [1.807, 2.05) is 22.9 Å². The van der Waals surface area contributed by atoms with Crippen LogP contribution in [0.3, 0.4) is 0 Å². The molecule has 7 nitrogen and oxygen atoms in total. The minimum absolute atomic E-state index is 0.0539. The van der Waals surface area contributed by atoms with Gasteiger partial charge in [0.05, 0.1) is 12.1 Å². The van der Waals surface area contributed by atoms with Crippen molar-refractivity contribution in [3.05, 3.63) is 64.4 Å². The average molecular weight is 490 g/mol. The van der Waals surface area contributed by atoms with E-state index in [1.54, 1.807) is 30.3 Å². The molecule has 0 bridgehead atoms. The molecule has 2 aromatic carbocycles. The zero-order chi connectivity index (χ0) is 24.9. The van der Waals surface area contributed by atoms with E-state index >= 15 is 0 Å². The number of hydrogen-bond donors (Lipinski definition) is 1. The second kappa shape index (κ2) is 10.4. The van der Waals surface area contributed by atoms with Gasteiger partial charge in [0.2, 0.25) is 11.7 Å². The molecule has 0 atom stereocenters. The van der Waals surface area contributed by atoms with Gasteiger partial charge in [-0.15, -0.1) is 0 Å².